The minimum Gasteiger partial charge on any atom is -0.493 e. The molecule has 2 heterocycles. The summed E-state index contributed by atoms with van der Waals surface area (Å²) in [6, 6.07) is 6.21. The predicted octanol–water partition coefficient (Wildman–Crippen LogP) is 5.41. The Bertz CT molecular complexity index is 1420. The van der Waals surface area contributed by atoms with Gasteiger partial charge in [-0.3, -0.25) is 4.90 Å². The Balaban J connectivity index is 1.47. The number of rotatable bonds is 8. The van der Waals surface area contributed by atoms with Crippen molar-refractivity contribution in [2.24, 2.45) is 5.92 Å². The summed E-state index contributed by atoms with van der Waals surface area (Å²) < 4.78 is 57.3. The maximum Gasteiger partial charge on any atom is 0.410 e. The van der Waals surface area contributed by atoms with E-state index in [-0.39, 0.29) is 44.2 Å². The lowest BCUT2D eigenvalue weighted by atomic mass is 9.82. The van der Waals surface area contributed by atoms with Crippen LogP contribution in [0.5, 0.6) is 11.5 Å². The Hall–Kier alpha value is -4.42. The molecule has 2 N–H and O–H groups in total. The van der Waals surface area contributed by atoms with E-state index in [1.54, 1.807) is 52.0 Å². The minimum absolute atomic E-state index is 0.0404. The summed E-state index contributed by atoms with van der Waals surface area (Å²) in [6.45, 7) is 6.65. The molecule has 3 atom stereocenters. The minimum atomic E-state index is -1.41. The Morgan fingerprint density at radius 3 is 2.19 bits per heavy atom. The van der Waals surface area contributed by atoms with Crippen LogP contribution in [0.25, 0.3) is 5.57 Å². The highest BCUT2D eigenvalue weighted by molar-refractivity contribution is 5.99. The third kappa shape index (κ3) is 7.15. The third-order valence-electron chi connectivity index (χ3n) is 7.01. The lowest BCUT2D eigenvalue weighted by Crippen LogP contribution is -2.64. The molecule has 43 heavy (non-hydrogen) atoms. The summed E-state index contributed by atoms with van der Waals surface area (Å²) in [5.74, 6) is -5.66. The summed E-state index contributed by atoms with van der Waals surface area (Å²) in [6.07, 6.45) is -1.86. The smallest absolute Gasteiger partial charge is 0.410 e. The van der Waals surface area contributed by atoms with Crippen LogP contribution in [-0.4, -0.2) is 82.2 Å². The molecule has 0 aliphatic carbocycles. The van der Waals surface area contributed by atoms with Crippen LogP contribution in [0.1, 0.15) is 39.7 Å². The van der Waals surface area contributed by atoms with Crippen molar-refractivity contribution in [2.45, 2.75) is 51.8 Å². The Morgan fingerprint density at radius 1 is 0.953 bits per heavy atom. The Labute approximate surface area is 246 Å². The first-order chi connectivity index (χ1) is 20.2. The molecule has 0 unspecified atom stereocenters. The number of carboxylic acids is 1. The van der Waals surface area contributed by atoms with Gasteiger partial charge in [0.05, 0.1) is 30.9 Å². The van der Waals surface area contributed by atoms with Crippen molar-refractivity contribution >= 4 is 23.7 Å². The van der Waals surface area contributed by atoms with Gasteiger partial charge in [-0.25, -0.2) is 23.2 Å². The van der Waals surface area contributed by atoms with Crippen molar-refractivity contribution in [1.82, 2.24) is 9.80 Å². The number of carbonyl (C=O) groups is 3. The molecule has 232 valence electrons. The van der Waals surface area contributed by atoms with Crippen molar-refractivity contribution in [3.63, 3.8) is 0 Å². The van der Waals surface area contributed by atoms with E-state index in [9.17, 15) is 37.8 Å². The first-order valence-electron chi connectivity index (χ1n) is 13.6. The number of amides is 2. The largest absolute Gasteiger partial charge is 0.493 e. The molecule has 2 bridgehead atoms. The maximum absolute atomic E-state index is 13.8. The number of fused-ring (bicyclic) bond motifs is 2. The van der Waals surface area contributed by atoms with Crippen LogP contribution in [0.2, 0.25) is 0 Å². The van der Waals surface area contributed by atoms with Gasteiger partial charge in [0.15, 0.2) is 17.4 Å². The summed E-state index contributed by atoms with van der Waals surface area (Å²) in [4.78, 5) is 39.8. The van der Waals surface area contributed by atoms with E-state index in [0.29, 0.717) is 23.0 Å². The third-order valence-corrected chi connectivity index (χ3v) is 7.01. The lowest BCUT2D eigenvalue weighted by Gasteiger charge is -2.49. The van der Waals surface area contributed by atoms with Crippen LogP contribution in [0.3, 0.4) is 0 Å². The fourth-order valence-corrected chi connectivity index (χ4v) is 5.12. The average molecular weight is 607 g/mol. The topological polar surface area (TPSA) is 126 Å². The SMILES string of the molecule is C[C@@H](COc1ccc(C2=C(C(=O)O)[C@H]3CN(C(=O)OC(C)(C)C)C[C@@H](C2)N3C(=O)O)cc1)COc1c(F)ccc(F)c1F. The summed E-state index contributed by atoms with van der Waals surface area (Å²) in [5, 5.41) is 20.0. The molecule has 0 saturated carbocycles. The number of carboxylic acid groups (broad SMARTS) is 2. The van der Waals surface area contributed by atoms with Crippen LogP contribution in [0, 0.1) is 23.4 Å². The van der Waals surface area contributed by atoms with E-state index in [4.69, 9.17) is 14.2 Å². The first kappa shape index (κ1) is 31.5. The Morgan fingerprint density at radius 2 is 1.58 bits per heavy atom. The van der Waals surface area contributed by atoms with Crippen LogP contribution in [0.4, 0.5) is 22.8 Å². The first-order valence-corrected chi connectivity index (χ1v) is 13.6. The summed E-state index contributed by atoms with van der Waals surface area (Å²) >= 11 is 0. The molecule has 0 aromatic heterocycles. The fraction of sp³-hybridized carbons (Fsp3) is 0.433. The number of piperazine rings is 1. The lowest BCUT2D eigenvalue weighted by molar-refractivity contribution is -0.134. The second kappa shape index (κ2) is 12.4. The molecule has 0 spiro atoms. The molecule has 1 saturated heterocycles. The standard InChI is InChI=1S/C30H33F3N2O8/c1-16(15-42-26-22(32)10-9-21(31)25(26)33)14-41-19-7-5-17(6-8-19)20-11-18-12-34(29(40)43-30(2,3)4)13-23(24(20)27(36)37)35(18)28(38)39/h5-10,16,18,23H,11-15H2,1-4H3,(H,36,37)(H,38,39)/t16-,18+,23+/m0/s1. The molecule has 1 fully saturated rings. The monoisotopic (exact) mass is 606 g/mol. The zero-order valence-corrected chi connectivity index (χ0v) is 24.1. The molecule has 2 aromatic rings. The van der Waals surface area contributed by atoms with Gasteiger partial charge in [0, 0.05) is 19.0 Å². The highest BCUT2D eigenvalue weighted by atomic mass is 19.2. The van der Waals surface area contributed by atoms with E-state index in [0.717, 1.165) is 11.0 Å². The van der Waals surface area contributed by atoms with Gasteiger partial charge in [-0.1, -0.05) is 19.1 Å². The van der Waals surface area contributed by atoms with Gasteiger partial charge < -0.3 is 29.3 Å². The molecule has 2 aromatic carbocycles. The van der Waals surface area contributed by atoms with Crippen molar-refractivity contribution in [2.75, 3.05) is 26.3 Å². The normalized spacial score (nSPS) is 19.1. The van der Waals surface area contributed by atoms with Gasteiger partial charge in [-0.15, -0.1) is 0 Å². The maximum atomic E-state index is 13.8. The van der Waals surface area contributed by atoms with Gasteiger partial charge in [0.2, 0.25) is 5.82 Å². The molecule has 10 nitrogen and oxygen atoms in total. The quantitative estimate of drug-likeness (QED) is 0.383. The number of nitrogens with zero attached hydrogens (tertiary/aromatic N) is 2. The summed E-state index contributed by atoms with van der Waals surface area (Å²) in [7, 11) is 0. The zero-order chi connectivity index (χ0) is 31.6. The molecule has 2 aliphatic heterocycles. The number of hydrogen-bond donors (Lipinski definition) is 2. The van der Waals surface area contributed by atoms with Crippen LogP contribution < -0.4 is 9.47 Å². The van der Waals surface area contributed by atoms with Crippen LogP contribution >= 0.6 is 0 Å². The molecular weight excluding hydrogens is 573 g/mol. The van der Waals surface area contributed by atoms with E-state index in [1.807, 2.05) is 0 Å². The van der Waals surface area contributed by atoms with Crippen molar-refractivity contribution in [1.29, 1.82) is 0 Å². The number of benzene rings is 2. The van der Waals surface area contributed by atoms with Gasteiger partial charge in [-0.05, 0) is 62.6 Å². The van der Waals surface area contributed by atoms with Crippen LogP contribution in [0.15, 0.2) is 42.0 Å². The molecule has 4 rings (SSSR count). The zero-order valence-electron chi connectivity index (χ0n) is 24.1. The number of aliphatic carboxylic acids is 1. The fourth-order valence-electron chi connectivity index (χ4n) is 5.12. The van der Waals surface area contributed by atoms with Crippen molar-refractivity contribution in [3.05, 3.63) is 65.0 Å². The second-order valence-electron chi connectivity index (χ2n) is 11.6. The van der Waals surface area contributed by atoms with E-state index >= 15 is 0 Å². The molecule has 2 amide bonds. The molecule has 13 heteroatoms. The van der Waals surface area contributed by atoms with Gasteiger partial charge in [-0.2, -0.15) is 4.39 Å². The molecule has 0 radical (unpaired) electrons. The van der Waals surface area contributed by atoms with E-state index in [1.165, 1.54) is 4.90 Å². The van der Waals surface area contributed by atoms with Gasteiger partial charge in [0.25, 0.3) is 0 Å². The number of carbonyl (C=O) groups excluding carboxylic acids is 1. The van der Waals surface area contributed by atoms with Gasteiger partial charge >= 0.3 is 18.2 Å². The average Bonchev–Trinajstić information content (AvgIpc) is 2.92. The predicted molar refractivity (Wildman–Crippen MR) is 147 cm³/mol. The van der Waals surface area contributed by atoms with Crippen molar-refractivity contribution < 1.29 is 52.0 Å². The number of hydrogen-bond acceptors (Lipinski definition) is 6. The number of ether oxygens (including phenoxy) is 3. The highest BCUT2D eigenvalue weighted by Crippen LogP contribution is 2.39. The second-order valence-corrected chi connectivity index (χ2v) is 11.6. The number of halogens is 3. The van der Waals surface area contributed by atoms with Crippen LogP contribution in [-0.2, 0) is 9.53 Å². The molecular formula is C30H33F3N2O8. The van der Waals surface area contributed by atoms with E-state index in [2.05, 4.69) is 0 Å². The van der Waals surface area contributed by atoms with Gasteiger partial charge in [0.1, 0.15) is 11.4 Å². The Kier molecular flexibility index (Phi) is 9.12. The molecule has 2 aliphatic rings. The van der Waals surface area contributed by atoms with E-state index < -0.39 is 59.0 Å². The highest BCUT2D eigenvalue weighted by Gasteiger charge is 2.48. The van der Waals surface area contributed by atoms with Crippen molar-refractivity contribution in [3.8, 4) is 11.5 Å². The summed E-state index contributed by atoms with van der Waals surface area (Å²) in [5.41, 5.74) is 0.113.